The molecule has 1 unspecified atom stereocenters. The van der Waals surface area contributed by atoms with E-state index < -0.39 is 0 Å². The third kappa shape index (κ3) is 4.75. The summed E-state index contributed by atoms with van der Waals surface area (Å²) >= 11 is 0. The quantitative estimate of drug-likeness (QED) is 0.658. The summed E-state index contributed by atoms with van der Waals surface area (Å²) in [7, 11) is 0. The number of aromatic amines is 1. The Labute approximate surface area is 171 Å². The first-order valence-electron chi connectivity index (χ1n) is 10.6. The topological polar surface area (TPSA) is 86.9 Å². The van der Waals surface area contributed by atoms with E-state index >= 15 is 0 Å². The lowest BCUT2D eigenvalue weighted by atomic mass is 9.88. The number of fused-ring (bicyclic) bond motifs is 4. The van der Waals surface area contributed by atoms with Gasteiger partial charge in [-0.1, -0.05) is 49.6 Å². The molecule has 1 aliphatic heterocycles. The number of amides is 2. The van der Waals surface area contributed by atoms with Crippen molar-refractivity contribution in [1.82, 2.24) is 15.3 Å². The van der Waals surface area contributed by atoms with E-state index in [2.05, 4.69) is 15.6 Å². The number of carbonyl (C=O) groups excluding carboxylic acids is 2. The van der Waals surface area contributed by atoms with Gasteiger partial charge in [0.1, 0.15) is 5.82 Å². The van der Waals surface area contributed by atoms with Gasteiger partial charge in [0.15, 0.2) is 0 Å². The van der Waals surface area contributed by atoms with Crippen molar-refractivity contribution in [2.45, 2.75) is 57.4 Å². The monoisotopic (exact) mass is 392 g/mol. The Morgan fingerprint density at radius 2 is 1.93 bits per heavy atom. The minimum atomic E-state index is -0.203. The minimum Gasteiger partial charge on any atom is -0.346 e. The SMILES string of the molecule is O=C1CC/C=C/CC(NC(=O)C2CCCCC2)c2nc(c[nH]2)-c2ccccc2N1. The number of benzene rings is 1. The number of hydrogen-bond acceptors (Lipinski definition) is 3. The maximum absolute atomic E-state index is 12.8. The molecule has 2 heterocycles. The molecule has 0 saturated heterocycles. The molecule has 1 saturated carbocycles. The van der Waals surface area contributed by atoms with Gasteiger partial charge in [-0.2, -0.15) is 0 Å². The number of aromatic nitrogens is 2. The molecule has 2 aliphatic rings. The zero-order valence-electron chi connectivity index (χ0n) is 16.6. The molecule has 2 amide bonds. The predicted octanol–water partition coefficient (Wildman–Crippen LogP) is 4.49. The summed E-state index contributed by atoms with van der Waals surface area (Å²) in [6, 6.07) is 7.47. The van der Waals surface area contributed by atoms with Crippen LogP contribution in [-0.4, -0.2) is 21.8 Å². The van der Waals surface area contributed by atoms with Crippen LogP contribution in [0.4, 0.5) is 5.69 Å². The van der Waals surface area contributed by atoms with Crippen LogP contribution in [0.3, 0.4) is 0 Å². The van der Waals surface area contributed by atoms with Gasteiger partial charge in [0.05, 0.1) is 17.4 Å². The van der Waals surface area contributed by atoms with Crippen LogP contribution in [0.5, 0.6) is 0 Å². The second-order valence-electron chi connectivity index (χ2n) is 7.91. The van der Waals surface area contributed by atoms with Crippen LogP contribution >= 0.6 is 0 Å². The van der Waals surface area contributed by atoms with Gasteiger partial charge in [0, 0.05) is 24.1 Å². The van der Waals surface area contributed by atoms with Crippen molar-refractivity contribution in [3.05, 3.63) is 48.4 Å². The van der Waals surface area contributed by atoms with Crippen LogP contribution in [0, 0.1) is 5.92 Å². The Morgan fingerprint density at radius 3 is 2.79 bits per heavy atom. The van der Waals surface area contributed by atoms with Gasteiger partial charge < -0.3 is 15.6 Å². The van der Waals surface area contributed by atoms with Crippen molar-refractivity contribution in [3.63, 3.8) is 0 Å². The molecular weight excluding hydrogens is 364 g/mol. The number of H-pyrrole nitrogens is 1. The lowest BCUT2D eigenvalue weighted by molar-refractivity contribution is -0.126. The summed E-state index contributed by atoms with van der Waals surface area (Å²) in [5.74, 6) is 0.963. The zero-order chi connectivity index (χ0) is 20.1. The zero-order valence-corrected chi connectivity index (χ0v) is 16.6. The fourth-order valence-corrected chi connectivity index (χ4v) is 4.14. The van der Waals surface area contributed by atoms with Crippen molar-refractivity contribution >= 4 is 17.5 Å². The largest absolute Gasteiger partial charge is 0.346 e. The molecular formula is C23H28N4O2. The van der Waals surface area contributed by atoms with Gasteiger partial charge in [-0.3, -0.25) is 9.59 Å². The lowest BCUT2D eigenvalue weighted by Crippen LogP contribution is -2.35. The maximum atomic E-state index is 12.8. The van der Waals surface area contributed by atoms with Gasteiger partial charge >= 0.3 is 0 Å². The Morgan fingerprint density at radius 1 is 1.10 bits per heavy atom. The van der Waals surface area contributed by atoms with Gasteiger partial charge in [-0.15, -0.1) is 0 Å². The first kappa shape index (κ1) is 19.4. The molecule has 0 spiro atoms. The van der Waals surface area contributed by atoms with Gasteiger partial charge in [0.2, 0.25) is 11.8 Å². The third-order valence-electron chi connectivity index (χ3n) is 5.77. The van der Waals surface area contributed by atoms with Crippen LogP contribution < -0.4 is 10.6 Å². The number of nitrogens with zero attached hydrogens (tertiary/aromatic N) is 1. The van der Waals surface area contributed by atoms with E-state index in [1.165, 1.54) is 6.42 Å². The minimum absolute atomic E-state index is 0.0146. The van der Waals surface area contributed by atoms with Crippen molar-refractivity contribution in [3.8, 4) is 11.3 Å². The van der Waals surface area contributed by atoms with Crippen LogP contribution in [0.2, 0.25) is 0 Å². The summed E-state index contributed by atoms with van der Waals surface area (Å²) < 4.78 is 0. The van der Waals surface area contributed by atoms with Gasteiger partial charge in [0.25, 0.3) is 0 Å². The molecule has 29 heavy (non-hydrogen) atoms. The fraction of sp³-hybridized carbons (Fsp3) is 0.435. The van der Waals surface area contributed by atoms with E-state index in [1.807, 2.05) is 42.6 Å². The number of carbonyl (C=O) groups is 2. The molecule has 1 aromatic carbocycles. The van der Waals surface area contributed by atoms with E-state index in [0.717, 1.165) is 48.5 Å². The molecule has 1 aromatic heterocycles. The molecule has 1 fully saturated rings. The number of rotatable bonds is 2. The van der Waals surface area contributed by atoms with Crippen molar-refractivity contribution < 1.29 is 9.59 Å². The second kappa shape index (κ2) is 9.07. The van der Waals surface area contributed by atoms with E-state index in [1.54, 1.807) is 0 Å². The second-order valence-corrected chi connectivity index (χ2v) is 7.91. The summed E-state index contributed by atoms with van der Waals surface area (Å²) in [6.45, 7) is 0. The molecule has 2 aromatic rings. The molecule has 1 atom stereocenters. The highest BCUT2D eigenvalue weighted by atomic mass is 16.2. The van der Waals surface area contributed by atoms with E-state index in [0.29, 0.717) is 19.3 Å². The lowest BCUT2D eigenvalue weighted by Gasteiger charge is -2.23. The number of anilines is 1. The highest BCUT2D eigenvalue weighted by Gasteiger charge is 2.25. The average Bonchev–Trinajstić information content (AvgIpc) is 3.23. The van der Waals surface area contributed by atoms with Crippen LogP contribution in [0.1, 0.15) is 63.2 Å². The fourth-order valence-electron chi connectivity index (χ4n) is 4.14. The van der Waals surface area contributed by atoms with E-state index in [4.69, 9.17) is 4.98 Å². The summed E-state index contributed by atoms with van der Waals surface area (Å²) in [5.41, 5.74) is 2.38. The summed E-state index contributed by atoms with van der Waals surface area (Å²) in [6.07, 6.45) is 13.1. The van der Waals surface area contributed by atoms with Crippen molar-refractivity contribution in [2.75, 3.05) is 5.32 Å². The molecule has 152 valence electrons. The molecule has 0 radical (unpaired) electrons. The molecule has 1 aliphatic carbocycles. The Kier molecular flexibility index (Phi) is 6.08. The first-order chi connectivity index (χ1) is 14.2. The number of allylic oxidation sites excluding steroid dienone is 1. The molecule has 3 N–H and O–H groups in total. The molecule has 6 nitrogen and oxygen atoms in total. The van der Waals surface area contributed by atoms with Gasteiger partial charge in [-0.05, 0) is 31.7 Å². The Hall–Kier alpha value is -2.89. The normalized spacial score (nSPS) is 21.7. The highest BCUT2D eigenvalue weighted by Crippen LogP contribution is 2.29. The molecule has 6 heteroatoms. The van der Waals surface area contributed by atoms with Gasteiger partial charge in [-0.25, -0.2) is 4.98 Å². The Bertz CT molecular complexity index is 896. The number of para-hydroxylation sites is 1. The maximum Gasteiger partial charge on any atom is 0.224 e. The van der Waals surface area contributed by atoms with Crippen LogP contribution in [0.25, 0.3) is 11.3 Å². The summed E-state index contributed by atoms with van der Waals surface area (Å²) in [5, 5.41) is 6.20. The molecule has 4 rings (SSSR count). The third-order valence-corrected chi connectivity index (χ3v) is 5.77. The average molecular weight is 393 g/mol. The number of hydrogen-bond donors (Lipinski definition) is 3. The smallest absolute Gasteiger partial charge is 0.224 e. The van der Waals surface area contributed by atoms with E-state index in [-0.39, 0.29) is 23.8 Å². The summed E-state index contributed by atoms with van der Waals surface area (Å²) in [4.78, 5) is 33.1. The van der Waals surface area contributed by atoms with Crippen molar-refractivity contribution in [1.29, 1.82) is 0 Å². The number of imidazole rings is 1. The van der Waals surface area contributed by atoms with Crippen LogP contribution in [-0.2, 0) is 9.59 Å². The van der Waals surface area contributed by atoms with Crippen LogP contribution in [0.15, 0.2) is 42.6 Å². The molecule has 2 bridgehead atoms. The van der Waals surface area contributed by atoms with E-state index in [9.17, 15) is 9.59 Å². The predicted molar refractivity (Wildman–Crippen MR) is 113 cm³/mol. The van der Waals surface area contributed by atoms with Crippen molar-refractivity contribution in [2.24, 2.45) is 5.92 Å². The Balaban J connectivity index is 1.61. The number of nitrogens with one attached hydrogen (secondary N) is 3. The highest BCUT2D eigenvalue weighted by molar-refractivity contribution is 5.95. The first-order valence-corrected chi connectivity index (χ1v) is 10.6. The standard InChI is InChI=1S/C23H28N4O2/c28-21-14-6-2-5-13-19(27-23(29)16-9-3-1-4-10-16)22-24-15-20(26-22)17-11-7-8-12-18(17)25-21/h2,5,7-8,11-12,15-16,19H,1,3-4,6,9-10,13-14H2,(H,24,26)(H,25,28)(H,27,29)/b5-2+.